The van der Waals surface area contributed by atoms with Gasteiger partial charge in [-0.15, -0.1) is 0 Å². The van der Waals surface area contributed by atoms with E-state index in [0.29, 0.717) is 17.0 Å². The van der Waals surface area contributed by atoms with Gasteiger partial charge in [0, 0.05) is 32.2 Å². The molecule has 1 aliphatic heterocycles. The number of anilines is 2. The Morgan fingerprint density at radius 2 is 2.00 bits per heavy atom. The molecule has 6 nitrogen and oxygen atoms in total. The minimum absolute atomic E-state index is 0.390. The van der Waals surface area contributed by atoms with Gasteiger partial charge in [-0.1, -0.05) is 11.6 Å². The lowest BCUT2D eigenvalue weighted by atomic mass is 10.2. The number of halogens is 1. The molecule has 3 N–H and O–H groups in total. The Balaban J connectivity index is 2.09. The van der Waals surface area contributed by atoms with Crippen LogP contribution >= 0.6 is 11.6 Å². The first-order valence-corrected chi connectivity index (χ1v) is 6.47. The summed E-state index contributed by atoms with van der Waals surface area (Å²) in [5.74, 6) is 6.46. The van der Waals surface area contributed by atoms with Crippen molar-refractivity contribution in [1.29, 1.82) is 0 Å². The minimum atomic E-state index is 0.390. The average Bonchev–Trinajstić information content (AvgIpc) is 2.39. The molecule has 0 aromatic carbocycles. The number of aromatic nitrogens is 2. The summed E-state index contributed by atoms with van der Waals surface area (Å²) < 4.78 is 0. The quantitative estimate of drug-likeness (QED) is 0.629. The molecule has 0 atom stereocenters. The average molecular weight is 271 g/mol. The Morgan fingerprint density at radius 1 is 1.33 bits per heavy atom. The van der Waals surface area contributed by atoms with Gasteiger partial charge in [0.2, 0.25) is 5.95 Å². The number of nitrogen functional groups attached to an aromatic ring is 1. The summed E-state index contributed by atoms with van der Waals surface area (Å²) in [6.45, 7) is 8.29. The molecule has 0 radical (unpaired) electrons. The van der Waals surface area contributed by atoms with Crippen LogP contribution in [-0.2, 0) is 0 Å². The fourth-order valence-electron chi connectivity index (χ4n) is 2.10. The molecule has 0 aliphatic carbocycles. The molecule has 0 saturated carbocycles. The maximum Gasteiger partial charge on any atom is 0.239 e. The molecule has 1 aliphatic rings. The lowest BCUT2D eigenvalue weighted by molar-refractivity contribution is 0.209. The Labute approximate surface area is 112 Å². The van der Waals surface area contributed by atoms with Gasteiger partial charge < -0.3 is 4.90 Å². The predicted molar refractivity (Wildman–Crippen MR) is 73.8 cm³/mol. The standard InChI is InChI=1S/C11H19ClN6/c1-8(2)17-3-5-18(6-4-17)10-9(12)7-14-11(15-10)16-13/h7-8H,3-6,13H2,1-2H3,(H,14,15,16). The predicted octanol–water partition coefficient (Wildman–Crippen LogP) is 0.946. The molecule has 1 aromatic heterocycles. The number of nitrogens with two attached hydrogens (primary N) is 1. The summed E-state index contributed by atoms with van der Waals surface area (Å²) in [5, 5.41) is 0.562. The van der Waals surface area contributed by atoms with Crippen molar-refractivity contribution in [2.24, 2.45) is 5.84 Å². The first kappa shape index (κ1) is 13.3. The van der Waals surface area contributed by atoms with E-state index in [0.717, 1.165) is 32.0 Å². The molecule has 0 unspecified atom stereocenters. The highest BCUT2D eigenvalue weighted by molar-refractivity contribution is 6.32. The number of nitrogens with one attached hydrogen (secondary N) is 1. The van der Waals surface area contributed by atoms with Crippen molar-refractivity contribution in [2.75, 3.05) is 36.5 Å². The van der Waals surface area contributed by atoms with Gasteiger partial charge in [-0.2, -0.15) is 4.98 Å². The molecule has 0 amide bonds. The second-order valence-corrected chi connectivity index (χ2v) is 5.03. The topological polar surface area (TPSA) is 70.3 Å². The van der Waals surface area contributed by atoms with Crippen LogP contribution in [0.3, 0.4) is 0 Å². The van der Waals surface area contributed by atoms with Crippen LogP contribution < -0.4 is 16.2 Å². The number of rotatable bonds is 3. The Hall–Kier alpha value is -1.11. The van der Waals surface area contributed by atoms with Crippen LogP contribution in [-0.4, -0.2) is 47.1 Å². The molecule has 1 aromatic rings. The van der Waals surface area contributed by atoms with Crippen LogP contribution in [0.1, 0.15) is 13.8 Å². The molecule has 0 spiro atoms. The van der Waals surface area contributed by atoms with Crippen molar-refractivity contribution in [3.05, 3.63) is 11.2 Å². The van der Waals surface area contributed by atoms with Gasteiger partial charge in [-0.05, 0) is 13.8 Å². The molecular weight excluding hydrogens is 252 g/mol. The third kappa shape index (κ3) is 2.82. The second-order valence-electron chi connectivity index (χ2n) is 4.63. The summed E-state index contributed by atoms with van der Waals surface area (Å²) in [7, 11) is 0. The number of hydrogen-bond donors (Lipinski definition) is 2. The van der Waals surface area contributed by atoms with Gasteiger partial charge in [0.15, 0.2) is 5.82 Å². The highest BCUT2D eigenvalue weighted by Gasteiger charge is 2.21. The normalized spacial score (nSPS) is 17.3. The Kier molecular flexibility index (Phi) is 4.21. The Morgan fingerprint density at radius 3 is 2.56 bits per heavy atom. The Bertz CT molecular complexity index is 403. The van der Waals surface area contributed by atoms with E-state index < -0.39 is 0 Å². The van der Waals surface area contributed by atoms with Crippen LogP contribution in [0, 0.1) is 0 Å². The van der Waals surface area contributed by atoms with Gasteiger partial charge in [-0.3, -0.25) is 10.3 Å². The zero-order valence-electron chi connectivity index (χ0n) is 10.7. The zero-order valence-corrected chi connectivity index (χ0v) is 11.5. The van der Waals surface area contributed by atoms with Crippen molar-refractivity contribution in [3.63, 3.8) is 0 Å². The minimum Gasteiger partial charge on any atom is -0.353 e. The number of hydrazine groups is 1. The fraction of sp³-hybridized carbons (Fsp3) is 0.636. The van der Waals surface area contributed by atoms with Gasteiger partial charge in [0.05, 0.1) is 6.20 Å². The smallest absolute Gasteiger partial charge is 0.239 e. The largest absolute Gasteiger partial charge is 0.353 e. The van der Waals surface area contributed by atoms with E-state index in [1.807, 2.05) is 0 Å². The molecule has 1 saturated heterocycles. The maximum atomic E-state index is 6.14. The first-order valence-electron chi connectivity index (χ1n) is 6.10. The van der Waals surface area contributed by atoms with Crippen molar-refractivity contribution < 1.29 is 0 Å². The summed E-state index contributed by atoms with van der Waals surface area (Å²) in [6.07, 6.45) is 1.58. The molecule has 18 heavy (non-hydrogen) atoms. The van der Waals surface area contributed by atoms with Gasteiger partial charge in [-0.25, -0.2) is 10.8 Å². The van der Waals surface area contributed by atoms with Gasteiger partial charge in [0.25, 0.3) is 0 Å². The zero-order chi connectivity index (χ0) is 13.1. The van der Waals surface area contributed by atoms with E-state index in [2.05, 4.69) is 39.0 Å². The molecule has 100 valence electrons. The summed E-state index contributed by atoms with van der Waals surface area (Å²) >= 11 is 6.14. The fourth-order valence-corrected chi connectivity index (χ4v) is 2.31. The van der Waals surface area contributed by atoms with Crippen LogP contribution in [0.15, 0.2) is 6.20 Å². The molecular formula is C11H19ClN6. The summed E-state index contributed by atoms with van der Waals surface area (Å²) in [4.78, 5) is 12.9. The molecule has 2 heterocycles. The lowest BCUT2D eigenvalue weighted by Crippen LogP contribution is -2.49. The summed E-state index contributed by atoms with van der Waals surface area (Å²) in [6, 6.07) is 0.578. The highest BCUT2D eigenvalue weighted by Crippen LogP contribution is 2.24. The van der Waals surface area contributed by atoms with Crippen molar-refractivity contribution >= 4 is 23.4 Å². The van der Waals surface area contributed by atoms with Crippen molar-refractivity contribution in [3.8, 4) is 0 Å². The molecule has 2 rings (SSSR count). The van der Waals surface area contributed by atoms with Gasteiger partial charge >= 0.3 is 0 Å². The third-order valence-corrected chi connectivity index (χ3v) is 3.47. The van der Waals surface area contributed by atoms with E-state index in [1.165, 1.54) is 0 Å². The van der Waals surface area contributed by atoms with Crippen molar-refractivity contribution in [1.82, 2.24) is 14.9 Å². The van der Waals surface area contributed by atoms with Crippen molar-refractivity contribution in [2.45, 2.75) is 19.9 Å². The van der Waals surface area contributed by atoms with Crippen LogP contribution in [0.2, 0.25) is 5.02 Å². The number of nitrogens with zero attached hydrogens (tertiary/aromatic N) is 4. The maximum absolute atomic E-state index is 6.14. The monoisotopic (exact) mass is 270 g/mol. The first-order chi connectivity index (χ1) is 8.61. The van der Waals surface area contributed by atoms with E-state index in [4.69, 9.17) is 17.4 Å². The SMILES string of the molecule is CC(C)N1CCN(c2nc(NN)ncc2Cl)CC1. The molecule has 1 fully saturated rings. The number of hydrogen-bond acceptors (Lipinski definition) is 6. The van der Waals surface area contributed by atoms with Gasteiger partial charge in [0.1, 0.15) is 5.02 Å². The van der Waals surface area contributed by atoms with E-state index in [9.17, 15) is 0 Å². The summed E-state index contributed by atoms with van der Waals surface area (Å²) in [5.41, 5.74) is 2.44. The number of piperazine rings is 1. The van der Waals surface area contributed by atoms with Crippen LogP contribution in [0.5, 0.6) is 0 Å². The molecule has 7 heteroatoms. The molecule has 0 bridgehead atoms. The second kappa shape index (κ2) is 5.69. The van der Waals surface area contributed by atoms with E-state index >= 15 is 0 Å². The highest BCUT2D eigenvalue weighted by atomic mass is 35.5. The van der Waals surface area contributed by atoms with E-state index in [-0.39, 0.29) is 0 Å². The van der Waals surface area contributed by atoms with Crippen LogP contribution in [0.4, 0.5) is 11.8 Å². The lowest BCUT2D eigenvalue weighted by Gasteiger charge is -2.37. The third-order valence-electron chi connectivity index (χ3n) is 3.20. The van der Waals surface area contributed by atoms with E-state index in [1.54, 1.807) is 6.20 Å². The van der Waals surface area contributed by atoms with Crippen LogP contribution in [0.25, 0.3) is 0 Å².